The van der Waals surface area contributed by atoms with E-state index in [1.54, 1.807) is 6.92 Å². The van der Waals surface area contributed by atoms with E-state index in [2.05, 4.69) is 31.4 Å². The molecule has 0 aromatic heterocycles. The number of hydrogen-bond acceptors (Lipinski definition) is 7. The van der Waals surface area contributed by atoms with Gasteiger partial charge >= 0.3 is 18.0 Å². The van der Waals surface area contributed by atoms with Gasteiger partial charge in [0.1, 0.15) is 12.1 Å². The Morgan fingerprint density at radius 2 is 1.78 bits per heavy atom. The van der Waals surface area contributed by atoms with Gasteiger partial charge < -0.3 is 20.1 Å². The summed E-state index contributed by atoms with van der Waals surface area (Å²) in [5, 5.41) is 5.30. The van der Waals surface area contributed by atoms with Gasteiger partial charge in [-0.15, -0.1) is 0 Å². The van der Waals surface area contributed by atoms with Crippen molar-refractivity contribution >= 4 is 29.8 Å². The van der Waals surface area contributed by atoms with E-state index in [1.807, 2.05) is 0 Å². The van der Waals surface area contributed by atoms with Crippen LogP contribution in [0.1, 0.15) is 66.2 Å². The van der Waals surface area contributed by atoms with E-state index in [-0.39, 0.29) is 24.3 Å². The Morgan fingerprint density at radius 1 is 1.12 bits per heavy atom. The van der Waals surface area contributed by atoms with Crippen LogP contribution < -0.4 is 10.6 Å². The Labute approximate surface area is 188 Å². The van der Waals surface area contributed by atoms with Crippen LogP contribution in [-0.2, 0) is 28.7 Å². The molecule has 1 aliphatic heterocycles. The number of esters is 2. The quantitative estimate of drug-likeness (QED) is 0.307. The molecular weight excluding hydrogens is 418 g/mol. The van der Waals surface area contributed by atoms with Crippen molar-refractivity contribution in [3.63, 3.8) is 0 Å². The maximum atomic E-state index is 12.9. The fraction of sp³-hybridized carbons (Fsp3) is 0.773. The highest BCUT2D eigenvalue weighted by Crippen LogP contribution is 2.43. The summed E-state index contributed by atoms with van der Waals surface area (Å²) in [6.45, 7) is 7.70. The van der Waals surface area contributed by atoms with Gasteiger partial charge in [-0.25, -0.2) is 4.79 Å². The standard InChI is InChI=1S/C22H35N3O7/c1-5-31-17(27)7-6-12-23-16(26)14-32-18(28)13-25-19(29)22(24-20(25)30)10-8-15(9-11-22)21(2,3)4/h15H,5-14H2,1-4H3,(H,23,26)(H,24,30). The molecule has 0 aromatic rings. The summed E-state index contributed by atoms with van der Waals surface area (Å²) in [6, 6.07) is -0.607. The molecule has 2 aliphatic rings. The average Bonchev–Trinajstić information content (AvgIpc) is 2.93. The van der Waals surface area contributed by atoms with Crippen molar-refractivity contribution in [2.45, 2.75) is 71.8 Å². The topological polar surface area (TPSA) is 131 Å². The number of imide groups is 1. The molecule has 10 nitrogen and oxygen atoms in total. The lowest BCUT2D eigenvalue weighted by Crippen LogP contribution is -2.50. The highest BCUT2D eigenvalue weighted by atomic mass is 16.5. The first-order valence-electron chi connectivity index (χ1n) is 11.2. The van der Waals surface area contributed by atoms with Crippen LogP contribution in [-0.4, -0.2) is 66.5 Å². The van der Waals surface area contributed by atoms with Gasteiger partial charge in [0.15, 0.2) is 6.61 Å². The third-order valence-corrected chi connectivity index (χ3v) is 6.15. The molecule has 4 amide bonds. The second-order valence-corrected chi connectivity index (χ2v) is 9.46. The normalized spacial score (nSPS) is 23.1. The Morgan fingerprint density at radius 3 is 2.38 bits per heavy atom. The van der Waals surface area contributed by atoms with Crippen LogP contribution in [0.5, 0.6) is 0 Å². The Balaban J connectivity index is 1.74. The second kappa shape index (κ2) is 10.8. The largest absolute Gasteiger partial charge is 0.466 e. The lowest BCUT2D eigenvalue weighted by molar-refractivity contribution is -0.151. The van der Waals surface area contributed by atoms with E-state index >= 15 is 0 Å². The number of nitrogens with zero attached hydrogens (tertiary/aromatic N) is 1. The van der Waals surface area contributed by atoms with E-state index in [0.717, 1.165) is 17.7 Å². The average molecular weight is 454 g/mol. The zero-order valence-electron chi connectivity index (χ0n) is 19.5. The predicted molar refractivity (Wildman–Crippen MR) is 114 cm³/mol. The van der Waals surface area contributed by atoms with Crippen molar-refractivity contribution in [1.29, 1.82) is 0 Å². The third kappa shape index (κ3) is 6.67. The fourth-order valence-electron chi connectivity index (χ4n) is 4.20. The van der Waals surface area contributed by atoms with Crippen molar-refractivity contribution in [3.05, 3.63) is 0 Å². The lowest BCUT2D eigenvalue weighted by Gasteiger charge is -2.40. The van der Waals surface area contributed by atoms with Crippen LogP contribution in [0.2, 0.25) is 0 Å². The number of ether oxygens (including phenoxy) is 2. The van der Waals surface area contributed by atoms with E-state index in [0.29, 0.717) is 31.8 Å². The second-order valence-electron chi connectivity index (χ2n) is 9.46. The molecule has 1 spiro atoms. The molecule has 1 saturated heterocycles. The Hall–Kier alpha value is -2.65. The van der Waals surface area contributed by atoms with Crippen LogP contribution in [0.25, 0.3) is 0 Å². The first kappa shape index (κ1) is 25.6. The number of carbonyl (C=O) groups is 5. The Bertz CT molecular complexity index is 736. The molecule has 1 saturated carbocycles. The zero-order valence-corrected chi connectivity index (χ0v) is 19.5. The van der Waals surface area contributed by atoms with E-state index in [4.69, 9.17) is 9.47 Å². The molecule has 2 N–H and O–H groups in total. The highest BCUT2D eigenvalue weighted by molar-refractivity contribution is 6.08. The van der Waals surface area contributed by atoms with Crippen molar-refractivity contribution in [1.82, 2.24) is 15.5 Å². The molecule has 1 aliphatic carbocycles. The van der Waals surface area contributed by atoms with Gasteiger partial charge in [0.2, 0.25) is 0 Å². The molecule has 0 radical (unpaired) electrons. The minimum Gasteiger partial charge on any atom is -0.466 e. The zero-order chi connectivity index (χ0) is 23.9. The monoisotopic (exact) mass is 453 g/mol. The summed E-state index contributed by atoms with van der Waals surface area (Å²) in [5.41, 5.74) is -0.814. The number of carbonyl (C=O) groups excluding carboxylic acids is 5. The SMILES string of the molecule is CCOC(=O)CCCNC(=O)COC(=O)CN1C(=O)NC2(CCC(C(C)(C)C)CC2)C1=O. The summed E-state index contributed by atoms with van der Waals surface area (Å²) >= 11 is 0. The Kier molecular flexibility index (Phi) is 8.63. The molecule has 180 valence electrons. The maximum absolute atomic E-state index is 12.9. The van der Waals surface area contributed by atoms with Gasteiger partial charge in [0.05, 0.1) is 6.61 Å². The highest BCUT2D eigenvalue weighted by Gasteiger charge is 2.53. The molecule has 0 aromatic carbocycles. The van der Waals surface area contributed by atoms with Crippen molar-refractivity contribution in [2.24, 2.45) is 11.3 Å². The maximum Gasteiger partial charge on any atom is 0.326 e. The van der Waals surface area contributed by atoms with Crippen molar-refractivity contribution < 1.29 is 33.4 Å². The predicted octanol–water partition coefficient (Wildman–Crippen LogP) is 1.52. The molecule has 2 rings (SSSR count). The third-order valence-electron chi connectivity index (χ3n) is 6.15. The van der Waals surface area contributed by atoms with E-state index in [9.17, 15) is 24.0 Å². The molecule has 0 atom stereocenters. The number of urea groups is 1. The summed E-state index contributed by atoms with van der Waals surface area (Å²) in [6.07, 6.45) is 3.31. The van der Waals surface area contributed by atoms with Gasteiger partial charge in [-0.2, -0.15) is 0 Å². The smallest absolute Gasteiger partial charge is 0.326 e. The molecule has 1 heterocycles. The van der Waals surface area contributed by atoms with Crippen LogP contribution in [0.3, 0.4) is 0 Å². The number of rotatable bonds is 9. The lowest BCUT2D eigenvalue weighted by atomic mass is 9.67. The van der Waals surface area contributed by atoms with Crippen LogP contribution in [0.4, 0.5) is 4.79 Å². The van der Waals surface area contributed by atoms with Crippen molar-refractivity contribution in [2.75, 3.05) is 26.3 Å². The summed E-state index contributed by atoms with van der Waals surface area (Å²) in [7, 11) is 0. The van der Waals surface area contributed by atoms with Gasteiger partial charge in [0.25, 0.3) is 11.8 Å². The summed E-state index contributed by atoms with van der Waals surface area (Å²) in [5.74, 6) is -1.65. The van der Waals surface area contributed by atoms with E-state index < -0.39 is 42.5 Å². The summed E-state index contributed by atoms with van der Waals surface area (Å²) in [4.78, 5) is 61.2. The molecule has 2 fully saturated rings. The number of hydrogen-bond donors (Lipinski definition) is 2. The van der Waals surface area contributed by atoms with Crippen LogP contribution in [0, 0.1) is 11.3 Å². The first-order chi connectivity index (χ1) is 15.0. The number of amides is 4. The van der Waals surface area contributed by atoms with Crippen LogP contribution >= 0.6 is 0 Å². The first-order valence-corrected chi connectivity index (χ1v) is 11.2. The van der Waals surface area contributed by atoms with Gasteiger partial charge in [-0.3, -0.25) is 24.1 Å². The molecule has 32 heavy (non-hydrogen) atoms. The summed E-state index contributed by atoms with van der Waals surface area (Å²) < 4.78 is 9.68. The number of nitrogens with one attached hydrogen (secondary N) is 2. The molecule has 0 unspecified atom stereocenters. The fourth-order valence-corrected chi connectivity index (χ4v) is 4.20. The van der Waals surface area contributed by atoms with Gasteiger partial charge in [-0.05, 0) is 50.4 Å². The van der Waals surface area contributed by atoms with Gasteiger partial charge in [0, 0.05) is 13.0 Å². The van der Waals surface area contributed by atoms with Crippen molar-refractivity contribution in [3.8, 4) is 0 Å². The van der Waals surface area contributed by atoms with Crippen LogP contribution in [0.15, 0.2) is 0 Å². The molecule has 0 bridgehead atoms. The van der Waals surface area contributed by atoms with E-state index in [1.165, 1.54) is 0 Å². The minimum atomic E-state index is -0.949. The minimum absolute atomic E-state index is 0.135. The molecule has 10 heteroatoms. The van der Waals surface area contributed by atoms with Gasteiger partial charge in [-0.1, -0.05) is 20.8 Å². The molecular formula is C22H35N3O7.